The Morgan fingerprint density at radius 1 is 1.17 bits per heavy atom. The zero-order chi connectivity index (χ0) is 21.5. The Labute approximate surface area is 175 Å². The fraction of sp³-hybridized carbons (Fsp3) is 0.286. The maximum Gasteiger partial charge on any atom is 0.222 e. The number of aryl methyl sites for hydroxylation is 2. The van der Waals surface area contributed by atoms with Gasteiger partial charge < -0.3 is 25.4 Å². The van der Waals surface area contributed by atoms with Crippen LogP contribution in [0.5, 0.6) is 17.4 Å². The van der Waals surface area contributed by atoms with Gasteiger partial charge >= 0.3 is 0 Å². The third-order valence-corrected chi connectivity index (χ3v) is 4.34. The van der Waals surface area contributed by atoms with Gasteiger partial charge in [-0.3, -0.25) is 10.1 Å². The lowest BCUT2D eigenvalue weighted by atomic mass is 10.1. The molecule has 0 spiro atoms. The van der Waals surface area contributed by atoms with E-state index in [-0.39, 0.29) is 5.84 Å². The van der Waals surface area contributed by atoms with E-state index in [1.54, 1.807) is 23.0 Å². The summed E-state index contributed by atoms with van der Waals surface area (Å²) in [5.74, 6) is 2.57. The highest BCUT2D eigenvalue weighted by molar-refractivity contribution is 6.09. The van der Waals surface area contributed by atoms with Crippen molar-refractivity contribution in [3.8, 4) is 17.4 Å². The minimum Gasteiger partial charge on any atom is -0.491 e. The highest BCUT2D eigenvalue weighted by Crippen LogP contribution is 2.29. The molecule has 2 aromatic heterocycles. The van der Waals surface area contributed by atoms with Gasteiger partial charge in [0.1, 0.15) is 23.9 Å². The van der Waals surface area contributed by atoms with E-state index in [1.807, 2.05) is 52.5 Å². The molecule has 2 heterocycles. The Hall–Kier alpha value is -3.59. The van der Waals surface area contributed by atoms with E-state index in [0.29, 0.717) is 35.4 Å². The van der Waals surface area contributed by atoms with Gasteiger partial charge in [0.25, 0.3) is 0 Å². The summed E-state index contributed by atoms with van der Waals surface area (Å²) in [6.45, 7) is 3.25. The number of amidine groups is 1. The Morgan fingerprint density at radius 2 is 2.00 bits per heavy atom. The molecule has 1 aromatic carbocycles. The summed E-state index contributed by atoms with van der Waals surface area (Å²) in [5, 5.41) is 21.9. The van der Waals surface area contributed by atoms with Crippen molar-refractivity contribution in [3.05, 3.63) is 53.9 Å². The van der Waals surface area contributed by atoms with Crippen molar-refractivity contribution in [1.82, 2.24) is 20.1 Å². The quantitative estimate of drug-likeness (QED) is 0.244. The van der Waals surface area contributed by atoms with Crippen molar-refractivity contribution in [3.63, 3.8) is 0 Å². The molecule has 3 rings (SSSR count). The average Bonchev–Trinajstić information content (AvgIpc) is 3.14. The zero-order valence-corrected chi connectivity index (χ0v) is 17.6. The first-order chi connectivity index (χ1) is 14.5. The second-order valence-electron chi connectivity index (χ2n) is 6.68. The van der Waals surface area contributed by atoms with Crippen LogP contribution >= 0.6 is 0 Å². The van der Waals surface area contributed by atoms with Crippen LogP contribution in [0, 0.1) is 12.3 Å². The summed E-state index contributed by atoms with van der Waals surface area (Å²) < 4.78 is 13.3. The first kappa shape index (κ1) is 21.1. The first-order valence-corrected chi connectivity index (χ1v) is 9.59. The van der Waals surface area contributed by atoms with E-state index in [9.17, 15) is 0 Å². The summed E-state index contributed by atoms with van der Waals surface area (Å²) in [5.41, 5.74) is 2.32. The smallest absolute Gasteiger partial charge is 0.222 e. The number of likely N-dealkylation sites (N-methyl/N-ethyl adjacent to an activating group) is 1. The van der Waals surface area contributed by atoms with E-state index in [2.05, 4.69) is 26.0 Å². The van der Waals surface area contributed by atoms with E-state index in [0.717, 1.165) is 17.8 Å². The van der Waals surface area contributed by atoms with Crippen molar-refractivity contribution in [1.29, 1.82) is 5.41 Å². The number of hydrogen-bond donors (Lipinski definition) is 4. The van der Waals surface area contributed by atoms with Crippen LogP contribution in [0.25, 0.3) is 0 Å². The van der Waals surface area contributed by atoms with Crippen LogP contribution in [0.4, 0.5) is 11.5 Å². The molecule has 0 saturated heterocycles. The molecule has 0 aliphatic rings. The molecular weight excluding hydrogens is 382 g/mol. The van der Waals surface area contributed by atoms with Crippen molar-refractivity contribution in [2.45, 2.75) is 6.92 Å². The normalized spacial score (nSPS) is 10.5. The Morgan fingerprint density at radius 3 is 2.67 bits per heavy atom. The van der Waals surface area contributed by atoms with Crippen LogP contribution in [0.1, 0.15) is 11.1 Å². The SMILES string of the molecule is CNCCOc1cnc(Oc2ccc(NC)c(C(=N)Nc3ccn(C)n3)c2)c(C)c1. The maximum atomic E-state index is 8.45. The average molecular weight is 409 g/mol. The summed E-state index contributed by atoms with van der Waals surface area (Å²) >= 11 is 0. The first-order valence-electron chi connectivity index (χ1n) is 9.59. The molecule has 0 aliphatic carbocycles. The Bertz CT molecular complexity index is 1020. The topological polar surface area (TPSA) is 109 Å². The van der Waals surface area contributed by atoms with Gasteiger partial charge in [0.15, 0.2) is 5.82 Å². The minimum atomic E-state index is 0.210. The number of rotatable bonds is 9. The Balaban J connectivity index is 1.76. The molecule has 0 fully saturated rings. The molecule has 30 heavy (non-hydrogen) atoms. The fourth-order valence-electron chi connectivity index (χ4n) is 2.79. The van der Waals surface area contributed by atoms with E-state index >= 15 is 0 Å². The molecule has 0 atom stereocenters. The van der Waals surface area contributed by atoms with Crippen LogP contribution < -0.4 is 25.4 Å². The van der Waals surface area contributed by atoms with E-state index < -0.39 is 0 Å². The molecule has 0 bridgehead atoms. The van der Waals surface area contributed by atoms with Crippen LogP contribution in [-0.2, 0) is 7.05 Å². The van der Waals surface area contributed by atoms with Gasteiger partial charge in [0.2, 0.25) is 5.88 Å². The van der Waals surface area contributed by atoms with Gasteiger partial charge in [-0.1, -0.05) is 0 Å². The largest absolute Gasteiger partial charge is 0.491 e. The number of pyridine rings is 1. The molecule has 0 amide bonds. The van der Waals surface area contributed by atoms with Crippen LogP contribution in [0.15, 0.2) is 42.7 Å². The molecule has 0 saturated carbocycles. The van der Waals surface area contributed by atoms with Crippen molar-refractivity contribution >= 4 is 17.3 Å². The standard InChI is InChI=1S/C21H27N7O2/c1-14-11-16(29-10-8-23-2)13-25-21(14)30-15-5-6-18(24-3)17(12-15)20(22)26-19-7-9-28(4)27-19/h5-7,9,11-13,23-24H,8,10H2,1-4H3,(H2,22,26,27). The number of anilines is 2. The van der Waals surface area contributed by atoms with Crippen molar-refractivity contribution in [2.75, 3.05) is 37.9 Å². The van der Waals surface area contributed by atoms with Gasteiger partial charge in [0.05, 0.1) is 6.20 Å². The zero-order valence-electron chi connectivity index (χ0n) is 17.6. The second-order valence-corrected chi connectivity index (χ2v) is 6.68. The second kappa shape index (κ2) is 9.75. The van der Waals surface area contributed by atoms with Gasteiger partial charge in [-0.25, -0.2) is 4.98 Å². The van der Waals surface area contributed by atoms with Gasteiger partial charge in [-0.15, -0.1) is 0 Å². The van der Waals surface area contributed by atoms with Gasteiger partial charge in [0, 0.05) is 49.7 Å². The molecule has 4 N–H and O–H groups in total. The van der Waals surface area contributed by atoms with Crippen LogP contribution in [0.3, 0.4) is 0 Å². The van der Waals surface area contributed by atoms with Crippen LogP contribution in [0.2, 0.25) is 0 Å². The predicted octanol–water partition coefficient (Wildman–Crippen LogP) is 2.99. The number of nitrogens with zero attached hydrogens (tertiary/aromatic N) is 3. The van der Waals surface area contributed by atoms with Gasteiger partial charge in [-0.05, 0) is 38.2 Å². The van der Waals surface area contributed by atoms with E-state index in [1.165, 1.54) is 0 Å². The number of ether oxygens (including phenoxy) is 2. The summed E-state index contributed by atoms with van der Waals surface area (Å²) in [6.07, 6.45) is 3.46. The number of nitrogens with one attached hydrogen (secondary N) is 4. The highest BCUT2D eigenvalue weighted by atomic mass is 16.5. The maximum absolute atomic E-state index is 8.45. The number of benzene rings is 1. The predicted molar refractivity (Wildman–Crippen MR) is 118 cm³/mol. The van der Waals surface area contributed by atoms with Crippen LogP contribution in [-0.4, -0.2) is 47.8 Å². The lowest BCUT2D eigenvalue weighted by molar-refractivity contribution is 0.315. The molecule has 158 valence electrons. The fourth-order valence-corrected chi connectivity index (χ4v) is 2.79. The molecule has 0 unspecified atom stereocenters. The summed E-state index contributed by atoms with van der Waals surface area (Å²) in [7, 11) is 5.52. The molecule has 0 aliphatic heterocycles. The minimum absolute atomic E-state index is 0.210. The molecular formula is C21H27N7O2. The molecule has 9 nitrogen and oxygen atoms in total. The van der Waals surface area contributed by atoms with Crippen molar-refractivity contribution in [2.24, 2.45) is 7.05 Å². The summed E-state index contributed by atoms with van der Waals surface area (Å²) in [4.78, 5) is 4.37. The number of aromatic nitrogens is 3. The number of hydrogen-bond acceptors (Lipinski definition) is 7. The lowest BCUT2D eigenvalue weighted by Crippen LogP contribution is -2.16. The van der Waals surface area contributed by atoms with Gasteiger partial charge in [-0.2, -0.15) is 5.10 Å². The Kier molecular flexibility index (Phi) is 6.87. The lowest BCUT2D eigenvalue weighted by Gasteiger charge is -2.14. The molecule has 3 aromatic rings. The highest BCUT2D eigenvalue weighted by Gasteiger charge is 2.12. The van der Waals surface area contributed by atoms with Crippen molar-refractivity contribution < 1.29 is 9.47 Å². The monoisotopic (exact) mass is 409 g/mol. The third kappa shape index (κ3) is 5.26. The molecule has 0 radical (unpaired) electrons. The summed E-state index contributed by atoms with van der Waals surface area (Å²) in [6, 6.07) is 9.20. The molecule has 9 heteroatoms. The third-order valence-electron chi connectivity index (χ3n) is 4.34. The van der Waals surface area contributed by atoms with E-state index in [4.69, 9.17) is 14.9 Å².